The lowest BCUT2D eigenvalue weighted by molar-refractivity contribution is -0.0301. The molecule has 12 aliphatic rings. The number of pyridine rings is 1. The Morgan fingerprint density at radius 1 is 0.325 bits per heavy atom. The van der Waals surface area contributed by atoms with Gasteiger partial charge in [0.05, 0.1) is 135 Å². The van der Waals surface area contributed by atoms with Gasteiger partial charge in [0.2, 0.25) is 0 Å². The fourth-order valence-corrected chi connectivity index (χ4v) is 23.3. The van der Waals surface area contributed by atoms with Crippen LogP contribution in [0, 0.1) is 104 Å². The first kappa shape index (κ1) is 84.9. The summed E-state index contributed by atoms with van der Waals surface area (Å²) in [5, 5.41) is 183. The van der Waals surface area contributed by atoms with Gasteiger partial charge in [-0.05, 0) is 115 Å². The summed E-state index contributed by atoms with van der Waals surface area (Å²) in [5.74, 6) is 3.75. The highest BCUT2D eigenvalue weighted by Gasteiger charge is 2.77. The Balaban J connectivity index is 0.0000000988. The fourth-order valence-electron chi connectivity index (χ4n) is 23.3. The third-order valence-electron chi connectivity index (χ3n) is 30.3. The van der Waals surface area contributed by atoms with Crippen molar-refractivity contribution >= 4 is 102 Å². The summed E-state index contributed by atoms with van der Waals surface area (Å²) >= 11 is 0. The summed E-state index contributed by atoms with van der Waals surface area (Å²) in [5.41, 5.74) is 32.9. The number of nitrogen functional groups attached to an aromatic ring is 5. The first-order chi connectivity index (χ1) is 60.1. The molecule has 12 aromatic rings. The maximum atomic E-state index is 10.4. The van der Waals surface area contributed by atoms with Gasteiger partial charge in [0.25, 0.3) is 0 Å². The highest BCUT2D eigenvalue weighted by atomic mass is 16.4. The van der Waals surface area contributed by atoms with Crippen LogP contribution in [0.4, 0.5) is 34.8 Å². The van der Waals surface area contributed by atoms with Crippen molar-refractivity contribution in [2.24, 2.45) is 69.5 Å². The number of nitrogens with two attached hydrogens (primary N) is 5. The zero-order valence-electron chi connectivity index (χ0n) is 69.2. The van der Waals surface area contributed by atoms with Crippen LogP contribution < -0.4 is 34.0 Å². The molecule has 30 atom stereocenters. The molecule has 0 saturated heterocycles. The highest BCUT2D eigenvalue weighted by molar-refractivity contribution is 5.87. The molecule has 47 heteroatoms. The molecule has 0 amide bonds. The predicted octanol–water partition coefficient (Wildman–Crippen LogP) is -5.94. The Kier molecular flexibility index (Phi) is 20.1. The Morgan fingerprint density at radius 2 is 0.611 bits per heavy atom. The molecule has 12 aliphatic carbocycles. The second-order valence-electron chi connectivity index (χ2n) is 36.4. The zero-order valence-corrected chi connectivity index (χ0v) is 69.2. The van der Waals surface area contributed by atoms with Gasteiger partial charge in [-0.2, -0.15) is 0 Å². The van der Waals surface area contributed by atoms with E-state index in [9.17, 15) is 91.9 Å². The van der Waals surface area contributed by atoms with E-state index < -0.39 is 106 Å². The Bertz CT molecular complexity index is 6030. The molecule has 0 bridgehead atoms. The van der Waals surface area contributed by atoms with E-state index in [2.05, 4.69) is 90.0 Å². The van der Waals surface area contributed by atoms with Gasteiger partial charge in [-0.15, -0.1) is 0 Å². The average Bonchev–Trinajstić information content (AvgIpc) is 1.51. The van der Waals surface area contributed by atoms with Crippen LogP contribution in [0.5, 0.6) is 0 Å². The standard InChI is InChI=1S/C14H19N5O3.4C13H17N5O3.C13H16N4O3/c1-6-17-12(15-2)8-13(18-6)19(5-16-8)9-7-3-14(7,4-20)11(22)10(9)21;2*1-5-16-11(14)8-12(17-5)18(4-15-8)13-2-7(13)6(3-19)9(20)10(13)21;2*1-5-16-11(14)7-12(17-5)18(4-15-7)8-6-2-13(6,3-19)10(21)9(8)20;14-8-1-2-15-12-9(8)16-5-17(12)13-3-7(13)6(4-18)10(19)11(13)20/h5,7,9-11,20-22H,3-4H2,1-2H3,(H,15,17,18);2*4,6-7,9-10,19-21H,2-3H2,1H3,(H2,14,16,17);2*4,6,8-10,19-21H,2-3H2,1H3,(H2,14,16,17);1-2,5-7,10-11,18-20H,3-4H2,(H2,14,15). The smallest absolute Gasteiger partial charge is 0.166 e. The van der Waals surface area contributed by atoms with Crippen molar-refractivity contribution in [2.75, 3.05) is 80.7 Å². The van der Waals surface area contributed by atoms with Crippen LogP contribution in [0.3, 0.4) is 0 Å². The van der Waals surface area contributed by atoms with E-state index in [4.69, 9.17) is 28.7 Å². The zero-order chi connectivity index (χ0) is 89.5. The van der Waals surface area contributed by atoms with E-state index in [1.54, 1.807) is 110 Å². The quantitative estimate of drug-likeness (QED) is 0.0511. The number of aryl methyl sites for hydroxylation is 5. The molecule has 12 saturated carbocycles. The maximum Gasteiger partial charge on any atom is 0.166 e. The number of aliphatic hydroxyl groups excluding tert-OH is 18. The average molecular weight is 1750 g/mol. The minimum absolute atomic E-state index is 0.0152. The fraction of sp³-hybridized carbons (Fsp3) is 0.608. The number of fused-ring (bicyclic) bond motifs is 12. The van der Waals surface area contributed by atoms with Crippen LogP contribution in [-0.4, -0.2) is 324 Å². The molecule has 12 fully saturated rings. The number of aromatic nitrogens is 23. The van der Waals surface area contributed by atoms with Crippen molar-refractivity contribution in [3.63, 3.8) is 0 Å². The predicted molar refractivity (Wildman–Crippen MR) is 441 cm³/mol. The third-order valence-corrected chi connectivity index (χ3v) is 30.3. The Labute approximate surface area is 713 Å². The number of imidazole rings is 6. The number of aliphatic hydroxyl groups is 18. The van der Waals surface area contributed by atoms with Gasteiger partial charge in [0.15, 0.2) is 63.0 Å². The van der Waals surface area contributed by atoms with Crippen LogP contribution in [0.2, 0.25) is 0 Å². The molecule has 0 radical (unpaired) electrons. The topological polar surface area (TPSA) is 755 Å². The molecule has 12 heterocycles. The minimum Gasteiger partial charge on any atom is -0.397 e. The number of rotatable bonds is 13. The summed E-state index contributed by atoms with van der Waals surface area (Å²) < 4.78 is 10.7. The van der Waals surface area contributed by atoms with E-state index >= 15 is 0 Å². The molecule has 672 valence electrons. The van der Waals surface area contributed by atoms with Gasteiger partial charge in [-0.25, -0.2) is 84.7 Å². The summed E-state index contributed by atoms with van der Waals surface area (Å²) in [6, 6.07) is 0.640. The summed E-state index contributed by atoms with van der Waals surface area (Å²) in [4.78, 5) is 72.4. The van der Waals surface area contributed by atoms with E-state index in [1.165, 1.54) is 0 Å². The van der Waals surface area contributed by atoms with Gasteiger partial charge >= 0.3 is 0 Å². The van der Waals surface area contributed by atoms with Crippen molar-refractivity contribution in [3.8, 4) is 0 Å². The first-order valence-electron chi connectivity index (χ1n) is 41.8. The third kappa shape index (κ3) is 12.0. The minimum atomic E-state index is -0.954. The molecule has 30 unspecified atom stereocenters. The van der Waals surface area contributed by atoms with Crippen LogP contribution in [0.1, 0.15) is 85.8 Å². The molecule has 0 aromatic carbocycles. The van der Waals surface area contributed by atoms with Gasteiger partial charge in [0.1, 0.15) is 98.8 Å². The van der Waals surface area contributed by atoms with Gasteiger partial charge < -0.3 is 153 Å². The van der Waals surface area contributed by atoms with Gasteiger partial charge in [-0.3, -0.25) is 0 Å². The molecule has 12 aromatic heterocycles. The largest absolute Gasteiger partial charge is 0.397 e. The Morgan fingerprint density at radius 3 is 0.921 bits per heavy atom. The van der Waals surface area contributed by atoms with Crippen molar-refractivity contribution < 1.29 is 91.9 Å². The van der Waals surface area contributed by atoms with Crippen LogP contribution in [0.25, 0.3) is 67.0 Å². The maximum absolute atomic E-state index is 10.4. The number of nitrogens with zero attached hydrogens (tertiary/aromatic N) is 23. The van der Waals surface area contributed by atoms with Crippen molar-refractivity contribution in [1.29, 1.82) is 0 Å². The molecule has 24 rings (SSSR count). The van der Waals surface area contributed by atoms with Crippen molar-refractivity contribution in [3.05, 3.63) is 79.3 Å². The lowest BCUT2D eigenvalue weighted by Crippen LogP contribution is -2.38. The second kappa shape index (κ2) is 29.8. The van der Waals surface area contributed by atoms with Crippen molar-refractivity contribution in [2.45, 2.75) is 181 Å². The molecule has 47 nitrogen and oxygen atoms in total. The lowest BCUT2D eigenvalue weighted by Gasteiger charge is -2.24. The summed E-state index contributed by atoms with van der Waals surface area (Å²) in [7, 11) is 1.77. The second-order valence-corrected chi connectivity index (χ2v) is 36.4. The SMILES string of the molecule is CNc1nc(C)nc2c1ncn2C1C(O)C(O)C2(CO)CC12.Cc1nc(N)c2ncn(C34CC3C(CO)C(O)C4O)c2n1.Cc1nc(N)c2ncn(C34CC3C(CO)C(O)C4O)c2n1.Cc1nc(N)c2ncn(C3C(O)C(O)C4(CO)CC34)c2n1.Cc1nc(N)c2ncn(C3C(O)C(O)C4(CO)CC34)c2n1.Nc1ccnc2c1ncn2C12CC1C(CO)C(O)C2O. The Hall–Kier alpha value is -10.5. The van der Waals surface area contributed by atoms with E-state index in [1.807, 2.05) is 9.13 Å². The number of hydrogen-bond donors (Lipinski definition) is 24. The number of anilines is 6. The van der Waals surface area contributed by atoms with E-state index in [0.29, 0.717) is 169 Å². The summed E-state index contributed by atoms with van der Waals surface area (Å²) in [6.45, 7) is 7.96. The van der Waals surface area contributed by atoms with Gasteiger partial charge in [-0.1, -0.05) is 0 Å². The molecule has 0 aliphatic heterocycles. The number of nitrogens with one attached hydrogen (secondary N) is 1. The molecular formula is C79H103N29O18. The van der Waals surface area contributed by atoms with Crippen LogP contribution in [0.15, 0.2) is 50.2 Å². The molecule has 126 heavy (non-hydrogen) atoms. The van der Waals surface area contributed by atoms with Crippen molar-refractivity contribution in [1.82, 2.24) is 112 Å². The first-order valence-corrected chi connectivity index (χ1v) is 41.8. The van der Waals surface area contributed by atoms with Crippen LogP contribution >= 0.6 is 0 Å². The van der Waals surface area contributed by atoms with E-state index in [-0.39, 0.29) is 111 Å². The van der Waals surface area contributed by atoms with E-state index in [0.717, 1.165) is 0 Å². The van der Waals surface area contributed by atoms with Crippen LogP contribution in [-0.2, 0) is 16.6 Å². The normalized spacial score (nSPS) is 37.9. The summed E-state index contributed by atoms with van der Waals surface area (Å²) in [6.07, 6.45) is 4.07. The monoisotopic (exact) mass is 1750 g/mol. The molecular weight excluding hydrogens is 1640 g/mol. The molecule has 0 spiro atoms. The number of hydrogen-bond acceptors (Lipinski definition) is 41. The lowest BCUT2D eigenvalue weighted by atomic mass is 10.0. The molecule has 29 N–H and O–H groups in total. The van der Waals surface area contributed by atoms with Gasteiger partial charge in [0, 0.05) is 67.1 Å². The highest BCUT2D eigenvalue weighted by Crippen LogP contribution is 2.71.